The van der Waals surface area contributed by atoms with Crippen molar-refractivity contribution in [1.29, 1.82) is 0 Å². The van der Waals surface area contributed by atoms with Gasteiger partial charge in [0.15, 0.2) is 5.82 Å². The van der Waals surface area contributed by atoms with Crippen LogP contribution in [-0.2, 0) is 12.2 Å². The third kappa shape index (κ3) is 4.14. The molecule has 4 nitrogen and oxygen atoms in total. The minimum absolute atomic E-state index is 0.507. The van der Waals surface area contributed by atoms with E-state index in [-0.39, 0.29) is 0 Å². The molecule has 0 aliphatic heterocycles. The van der Waals surface area contributed by atoms with Gasteiger partial charge in [0.2, 0.25) is 5.89 Å². The molecule has 0 atom stereocenters. The highest BCUT2D eigenvalue weighted by Gasteiger charge is 2.09. The normalized spacial score (nSPS) is 11.2. The molecule has 0 amide bonds. The number of hydrogen-bond donors (Lipinski definition) is 1. The summed E-state index contributed by atoms with van der Waals surface area (Å²) in [7, 11) is 0. The van der Waals surface area contributed by atoms with Gasteiger partial charge in [-0.25, -0.2) is 0 Å². The number of aromatic nitrogens is 2. The Balaban J connectivity index is 1.96. The summed E-state index contributed by atoms with van der Waals surface area (Å²) in [6.07, 6.45) is 0.806. The molecule has 102 valence electrons. The fraction of sp³-hybridized carbons (Fsp3) is 0.385. The van der Waals surface area contributed by atoms with Crippen molar-refractivity contribution in [2.24, 2.45) is 5.92 Å². The number of anilines is 1. The van der Waals surface area contributed by atoms with Crippen molar-refractivity contribution in [3.8, 4) is 0 Å². The fourth-order valence-electron chi connectivity index (χ4n) is 1.57. The van der Waals surface area contributed by atoms with Crippen LogP contribution in [0.15, 0.2) is 27.6 Å². The standard InChI is InChI=1S/C13H16ClN3OS/c1-8(2)5-13-16-12(17-18-13)7-19-11-4-3-9(14)6-10(11)15/h3-4,6,8H,5,7,15H2,1-2H3. The second-order valence-electron chi connectivity index (χ2n) is 4.67. The average Bonchev–Trinajstić information content (AvgIpc) is 2.74. The van der Waals surface area contributed by atoms with E-state index < -0.39 is 0 Å². The van der Waals surface area contributed by atoms with Crippen LogP contribution in [0.4, 0.5) is 5.69 Å². The van der Waals surface area contributed by atoms with Crippen molar-refractivity contribution in [3.63, 3.8) is 0 Å². The highest BCUT2D eigenvalue weighted by atomic mass is 35.5. The molecule has 2 aromatic rings. The fourth-order valence-corrected chi connectivity index (χ4v) is 2.55. The van der Waals surface area contributed by atoms with Crippen molar-refractivity contribution in [3.05, 3.63) is 34.9 Å². The van der Waals surface area contributed by atoms with Gasteiger partial charge < -0.3 is 10.3 Å². The summed E-state index contributed by atoms with van der Waals surface area (Å²) in [5, 5.41) is 4.60. The zero-order valence-electron chi connectivity index (χ0n) is 10.9. The van der Waals surface area contributed by atoms with Crippen LogP contribution in [0.25, 0.3) is 0 Å². The maximum atomic E-state index is 5.89. The first kappa shape index (κ1) is 14.2. The number of nitrogens with zero attached hydrogens (tertiary/aromatic N) is 2. The van der Waals surface area contributed by atoms with Gasteiger partial charge in [-0.1, -0.05) is 30.6 Å². The molecule has 0 spiro atoms. The van der Waals surface area contributed by atoms with E-state index in [9.17, 15) is 0 Å². The lowest BCUT2D eigenvalue weighted by atomic mass is 10.1. The van der Waals surface area contributed by atoms with E-state index >= 15 is 0 Å². The second kappa shape index (κ2) is 6.30. The first-order valence-corrected chi connectivity index (χ1v) is 7.40. The van der Waals surface area contributed by atoms with Gasteiger partial charge in [-0.2, -0.15) is 4.98 Å². The van der Waals surface area contributed by atoms with Crippen molar-refractivity contribution in [2.75, 3.05) is 5.73 Å². The SMILES string of the molecule is CC(C)Cc1nc(CSc2ccc(Cl)cc2N)no1. The van der Waals surface area contributed by atoms with Gasteiger partial charge in [-0.3, -0.25) is 0 Å². The van der Waals surface area contributed by atoms with E-state index in [1.165, 1.54) is 0 Å². The number of benzene rings is 1. The highest BCUT2D eigenvalue weighted by molar-refractivity contribution is 7.98. The van der Waals surface area contributed by atoms with Crippen LogP contribution < -0.4 is 5.73 Å². The molecule has 1 heterocycles. The third-order valence-corrected chi connectivity index (χ3v) is 3.74. The molecule has 0 aliphatic rings. The highest BCUT2D eigenvalue weighted by Crippen LogP contribution is 2.29. The Morgan fingerprint density at radius 1 is 1.42 bits per heavy atom. The van der Waals surface area contributed by atoms with Crippen LogP contribution in [0, 0.1) is 5.92 Å². The molecule has 6 heteroatoms. The van der Waals surface area contributed by atoms with Gasteiger partial charge in [0.25, 0.3) is 0 Å². The Kier molecular flexibility index (Phi) is 4.71. The maximum Gasteiger partial charge on any atom is 0.226 e. The summed E-state index contributed by atoms with van der Waals surface area (Å²) in [6.45, 7) is 4.24. The van der Waals surface area contributed by atoms with Crippen LogP contribution in [-0.4, -0.2) is 10.1 Å². The van der Waals surface area contributed by atoms with Crippen LogP contribution in [0.1, 0.15) is 25.6 Å². The summed E-state index contributed by atoms with van der Waals surface area (Å²) in [6, 6.07) is 5.46. The number of thioether (sulfide) groups is 1. The minimum Gasteiger partial charge on any atom is -0.398 e. The minimum atomic E-state index is 0.507. The molecule has 0 saturated heterocycles. The Morgan fingerprint density at radius 3 is 2.89 bits per heavy atom. The number of rotatable bonds is 5. The number of halogens is 1. The first-order valence-electron chi connectivity index (χ1n) is 6.04. The molecular weight excluding hydrogens is 282 g/mol. The van der Waals surface area contributed by atoms with Gasteiger partial charge in [-0.05, 0) is 24.1 Å². The van der Waals surface area contributed by atoms with Gasteiger partial charge in [0.05, 0.1) is 5.75 Å². The molecule has 0 radical (unpaired) electrons. The quantitative estimate of drug-likeness (QED) is 0.672. The lowest BCUT2D eigenvalue weighted by molar-refractivity contribution is 0.360. The molecule has 1 aromatic carbocycles. The van der Waals surface area contributed by atoms with E-state index in [0.29, 0.717) is 34.1 Å². The Bertz CT molecular complexity index is 557. The second-order valence-corrected chi connectivity index (χ2v) is 6.13. The van der Waals surface area contributed by atoms with Crippen molar-refractivity contribution in [1.82, 2.24) is 10.1 Å². The third-order valence-electron chi connectivity index (χ3n) is 2.42. The van der Waals surface area contributed by atoms with Crippen LogP contribution in [0.3, 0.4) is 0 Å². The number of nitrogen functional groups attached to an aromatic ring is 1. The van der Waals surface area contributed by atoms with Crippen LogP contribution in [0.5, 0.6) is 0 Å². The molecule has 0 aliphatic carbocycles. The molecule has 0 bridgehead atoms. The predicted molar refractivity (Wildman–Crippen MR) is 78.3 cm³/mol. The largest absolute Gasteiger partial charge is 0.398 e. The lowest BCUT2D eigenvalue weighted by Gasteiger charge is -2.03. The van der Waals surface area contributed by atoms with Crippen molar-refractivity contribution in [2.45, 2.75) is 30.9 Å². The molecule has 2 N–H and O–H groups in total. The van der Waals surface area contributed by atoms with Crippen LogP contribution >= 0.6 is 23.4 Å². The van der Waals surface area contributed by atoms with Crippen LogP contribution in [0.2, 0.25) is 5.02 Å². The van der Waals surface area contributed by atoms with E-state index in [1.807, 2.05) is 12.1 Å². The van der Waals surface area contributed by atoms with Crippen molar-refractivity contribution >= 4 is 29.1 Å². The Hall–Kier alpha value is -1.20. The van der Waals surface area contributed by atoms with Gasteiger partial charge in [0, 0.05) is 22.0 Å². The lowest BCUT2D eigenvalue weighted by Crippen LogP contribution is -1.94. The molecule has 0 fully saturated rings. The zero-order valence-corrected chi connectivity index (χ0v) is 12.5. The molecule has 0 unspecified atom stereocenters. The van der Waals surface area contributed by atoms with E-state index in [4.69, 9.17) is 21.9 Å². The van der Waals surface area contributed by atoms with E-state index in [2.05, 4.69) is 24.0 Å². The topological polar surface area (TPSA) is 64.9 Å². The summed E-state index contributed by atoms with van der Waals surface area (Å²) in [4.78, 5) is 5.32. The summed E-state index contributed by atoms with van der Waals surface area (Å²) >= 11 is 7.43. The summed E-state index contributed by atoms with van der Waals surface area (Å²) in [5.74, 6) is 2.52. The molecular formula is C13H16ClN3OS. The maximum absolute atomic E-state index is 5.89. The Labute approximate surface area is 121 Å². The smallest absolute Gasteiger partial charge is 0.226 e. The monoisotopic (exact) mass is 297 g/mol. The molecule has 2 rings (SSSR count). The molecule has 1 aromatic heterocycles. The van der Waals surface area contributed by atoms with Gasteiger partial charge >= 0.3 is 0 Å². The number of nitrogens with two attached hydrogens (primary N) is 1. The van der Waals surface area contributed by atoms with Crippen molar-refractivity contribution < 1.29 is 4.52 Å². The first-order chi connectivity index (χ1) is 9.04. The molecule has 0 saturated carbocycles. The number of hydrogen-bond acceptors (Lipinski definition) is 5. The van der Waals surface area contributed by atoms with Gasteiger partial charge in [-0.15, -0.1) is 11.8 Å². The molecule has 19 heavy (non-hydrogen) atoms. The average molecular weight is 298 g/mol. The summed E-state index contributed by atoms with van der Waals surface area (Å²) < 4.78 is 5.19. The predicted octanol–water partition coefficient (Wildman–Crippen LogP) is 3.80. The van der Waals surface area contributed by atoms with E-state index in [1.54, 1.807) is 17.8 Å². The Morgan fingerprint density at radius 2 is 2.21 bits per heavy atom. The zero-order chi connectivity index (χ0) is 13.8. The summed E-state index contributed by atoms with van der Waals surface area (Å²) in [5.41, 5.74) is 6.56. The van der Waals surface area contributed by atoms with E-state index in [0.717, 1.165) is 11.3 Å². The van der Waals surface area contributed by atoms with Gasteiger partial charge in [0.1, 0.15) is 0 Å².